The second-order valence-corrected chi connectivity index (χ2v) is 5.75. The van der Waals surface area contributed by atoms with Gasteiger partial charge in [0.1, 0.15) is 0 Å². The van der Waals surface area contributed by atoms with Crippen LogP contribution in [0.1, 0.15) is 39.0 Å². The number of amides is 2. The second-order valence-electron chi connectivity index (χ2n) is 5.75. The number of nitrogens with two attached hydrogens (primary N) is 1. The zero-order chi connectivity index (χ0) is 13.2. The van der Waals surface area contributed by atoms with Gasteiger partial charge in [-0.15, -0.1) is 0 Å². The predicted molar refractivity (Wildman–Crippen MR) is 68.8 cm³/mol. The summed E-state index contributed by atoms with van der Waals surface area (Å²) in [5.74, 6) is 0.568. The predicted octanol–water partition coefficient (Wildman–Crippen LogP) is 0.243. The lowest BCUT2D eigenvalue weighted by Crippen LogP contribution is -2.57. The highest BCUT2D eigenvalue weighted by Crippen LogP contribution is 2.31. The lowest BCUT2D eigenvalue weighted by molar-refractivity contribution is -0.138. The zero-order valence-corrected chi connectivity index (χ0v) is 11.1. The van der Waals surface area contributed by atoms with Gasteiger partial charge >= 0.3 is 0 Å². The first-order chi connectivity index (χ1) is 8.51. The maximum absolute atomic E-state index is 12.5. The van der Waals surface area contributed by atoms with Crippen molar-refractivity contribution in [2.45, 2.75) is 44.6 Å². The molecule has 5 nitrogen and oxygen atoms in total. The summed E-state index contributed by atoms with van der Waals surface area (Å²) < 4.78 is 0. The third-order valence-corrected chi connectivity index (χ3v) is 4.06. The van der Waals surface area contributed by atoms with Gasteiger partial charge in [0.05, 0.1) is 5.54 Å². The van der Waals surface area contributed by atoms with E-state index in [1.54, 1.807) is 4.90 Å². The van der Waals surface area contributed by atoms with Crippen LogP contribution in [-0.2, 0) is 9.59 Å². The third kappa shape index (κ3) is 2.83. The largest absolute Gasteiger partial charge is 0.354 e. The van der Waals surface area contributed by atoms with E-state index in [0.717, 1.165) is 25.7 Å². The van der Waals surface area contributed by atoms with Gasteiger partial charge < -0.3 is 16.0 Å². The van der Waals surface area contributed by atoms with Crippen molar-refractivity contribution in [3.8, 4) is 0 Å². The molecule has 5 heteroatoms. The van der Waals surface area contributed by atoms with Crippen LogP contribution in [0.5, 0.6) is 0 Å². The first-order valence-corrected chi connectivity index (χ1v) is 6.86. The maximum atomic E-state index is 12.5. The van der Waals surface area contributed by atoms with E-state index in [2.05, 4.69) is 12.2 Å². The van der Waals surface area contributed by atoms with Crippen molar-refractivity contribution in [1.82, 2.24) is 10.2 Å². The van der Waals surface area contributed by atoms with E-state index >= 15 is 0 Å². The summed E-state index contributed by atoms with van der Waals surface area (Å²) >= 11 is 0. The van der Waals surface area contributed by atoms with Gasteiger partial charge in [-0.05, 0) is 18.8 Å². The number of carbonyl (C=O) groups excluding carboxylic acids is 2. The number of nitrogens with zero attached hydrogens (tertiary/aromatic N) is 1. The van der Waals surface area contributed by atoms with Crippen molar-refractivity contribution in [2.24, 2.45) is 11.7 Å². The smallest absolute Gasteiger partial charge is 0.242 e. The molecule has 1 saturated heterocycles. The van der Waals surface area contributed by atoms with Crippen LogP contribution < -0.4 is 11.1 Å². The van der Waals surface area contributed by atoms with Crippen molar-refractivity contribution < 1.29 is 9.59 Å². The fourth-order valence-electron chi connectivity index (χ4n) is 3.07. The molecule has 0 aromatic rings. The van der Waals surface area contributed by atoms with Crippen molar-refractivity contribution in [3.63, 3.8) is 0 Å². The molecule has 2 aliphatic rings. The molecule has 2 unspecified atom stereocenters. The lowest BCUT2D eigenvalue weighted by atomic mass is 9.76. The molecule has 102 valence electrons. The van der Waals surface area contributed by atoms with Gasteiger partial charge in [-0.2, -0.15) is 0 Å². The quantitative estimate of drug-likeness (QED) is 0.703. The molecule has 0 spiro atoms. The molecule has 0 radical (unpaired) electrons. The molecule has 0 bridgehead atoms. The second kappa shape index (κ2) is 5.26. The van der Waals surface area contributed by atoms with Gasteiger partial charge in [0, 0.05) is 26.1 Å². The van der Waals surface area contributed by atoms with Crippen LogP contribution in [0.15, 0.2) is 0 Å². The van der Waals surface area contributed by atoms with Crippen LogP contribution in [0.4, 0.5) is 0 Å². The maximum Gasteiger partial charge on any atom is 0.242 e. The molecular formula is C13H23N3O2. The normalized spacial score (nSPS) is 33.8. The van der Waals surface area contributed by atoms with Crippen LogP contribution in [-0.4, -0.2) is 41.9 Å². The highest BCUT2D eigenvalue weighted by atomic mass is 16.2. The Morgan fingerprint density at radius 2 is 2.28 bits per heavy atom. The Labute approximate surface area is 108 Å². The molecule has 2 atom stereocenters. The minimum Gasteiger partial charge on any atom is -0.354 e. The van der Waals surface area contributed by atoms with Crippen molar-refractivity contribution in [3.05, 3.63) is 0 Å². The SMILES string of the molecule is CC1CCCC(N)(C(=O)N2CCNC(=O)CC2)C1. The van der Waals surface area contributed by atoms with E-state index in [1.165, 1.54) is 0 Å². The van der Waals surface area contributed by atoms with Gasteiger partial charge in [0.15, 0.2) is 0 Å². The van der Waals surface area contributed by atoms with Gasteiger partial charge in [0.25, 0.3) is 0 Å². The lowest BCUT2D eigenvalue weighted by Gasteiger charge is -2.38. The summed E-state index contributed by atoms with van der Waals surface area (Å²) in [6.07, 6.45) is 4.11. The number of hydrogen-bond donors (Lipinski definition) is 2. The first-order valence-electron chi connectivity index (χ1n) is 6.86. The molecule has 2 fully saturated rings. The van der Waals surface area contributed by atoms with E-state index in [1.807, 2.05) is 0 Å². The number of hydrogen-bond acceptors (Lipinski definition) is 3. The van der Waals surface area contributed by atoms with E-state index < -0.39 is 5.54 Å². The number of rotatable bonds is 1. The minimum absolute atomic E-state index is 0.0217. The van der Waals surface area contributed by atoms with Crippen LogP contribution in [0.25, 0.3) is 0 Å². The molecule has 1 aliphatic heterocycles. The van der Waals surface area contributed by atoms with E-state index in [0.29, 0.717) is 32.0 Å². The summed E-state index contributed by atoms with van der Waals surface area (Å²) in [7, 11) is 0. The average molecular weight is 253 g/mol. The third-order valence-electron chi connectivity index (χ3n) is 4.06. The molecule has 2 rings (SSSR count). The Balaban J connectivity index is 2.03. The van der Waals surface area contributed by atoms with Crippen molar-refractivity contribution >= 4 is 11.8 Å². The Morgan fingerprint density at radius 3 is 3.00 bits per heavy atom. The number of nitrogens with one attached hydrogen (secondary N) is 1. The summed E-state index contributed by atoms with van der Waals surface area (Å²) in [6, 6.07) is 0. The molecule has 3 N–H and O–H groups in total. The highest BCUT2D eigenvalue weighted by molar-refractivity contribution is 5.87. The van der Waals surface area contributed by atoms with E-state index in [-0.39, 0.29) is 11.8 Å². The van der Waals surface area contributed by atoms with Gasteiger partial charge in [-0.3, -0.25) is 9.59 Å². The van der Waals surface area contributed by atoms with Crippen LogP contribution >= 0.6 is 0 Å². The zero-order valence-electron chi connectivity index (χ0n) is 11.1. The van der Waals surface area contributed by atoms with Crippen LogP contribution in [0.3, 0.4) is 0 Å². The summed E-state index contributed by atoms with van der Waals surface area (Å²) in [5.41, 5.74) is 5.61. The van der Waals surface area contributed by atoms with Gasteiger partial charge in [-0.25, -0.2) is 0 Å². The Morgan fingerprint density at radius 1 is 1.50 bits per heavy atom. The molecule has 1 heterocycles. The fraction of sp³-hybridized carbons (Fsp3) is 0.846. The molecular weight excluding hydrogens is 230 g/mol. The monoisotopic (exact) mass is 253 g/mol. The van der Waals surface area contributed by atoms with Crippen LogP contribution in [0.2, 0.25) is 0 Å². The fourth-order valence-corrected chi connectivity index (χ4v) is 3.07. The Hall–Kier alpha value is -1.10. The van der Waals surface area contributed by atoms with Gasteiger partial charge in [-0.1, -0.05) is 19.8 Å². The standard InChI is InChI=1S/C13H23N3O2/c1-10-3-2-5-13(14,9-10)12(18)16-7-4-11(17)15-6-8-16/h10H,2-9,14H2,1H3,(H,15,17). The Kier molecular flexibility index (Phi) is 3.90. The van der Waals surface area contributed by atoms with E-state index in [9.17, 15) is 9.59 Å². The first kappa shape index (κ1) is 13.3. The summed E-state index contributed by atoms with van der Waals surface area (Å²) in [5, 5.41) is 2.78. The minimum atomic E-state index is -0.703. The van der Waals surface area contributed by atoms with Crippen molar-refractivity contribution in [2.75, 3.05) is 19.6 Å². The molecule has 2 amide bonds. The molecule has 18 heavy (non-hydrogen) atoms. The Bertz CT molecular complexity index is 345. The van der Waals surface area contributed by atoms with Crippen molar-refractivity contribution in [1.29, 1.82) is 0 Å². The molecule has 0 aromatic carbocycles. The van der Waals surface area contributed by atoms with Gasteiger partial charge in [0.2, 0.25) is 11.8 Å². The molecule has 1 saturated carbocycles. The number of carbonyl (C=O) groups is 2. The van der Waals surface area contributed by atoms with Crippen LogP contribution in [0, 0.1) is 5.92 Å². The molecule has 0 aromatic heterocycles. The van der Waals surface area contributed by atoms with E-state index in [4.69, 9.17) is 5.73 Å². The summed E-state index contributed by atoms with van der Waals surface area (Å²) in [4.78, 5) is 25.6. The average Bonchev–Trinajstić information content (AvgIpc) is 2.53. The molecule has 1 aliphatic carbocycles. The topological polar surface area (TPSA) is 75.4 Å². The summed E-state index contributed by atoms with van der Waals surface area (Å²) in [6.45, 7) is 3.77. The highest BCUT2D eigenvalue weighted by Gasteiger charge is 2.40.